The van der Waals surface area contributed by atoms with Crippen LogP contribution in [-0.2, 0) is 11.2 Å². The number of carbonyl (C=O) groups is 2. The number of Topliss-reactive ketones (excluding diaryl/α,β-unsaturated/α-hetero) is 1. The second-order valence-electron chi connectivity index (χ2n) is 9.00. The molecule has 1 aliphatic rings. The second kappa shape index (κ2) is 11.4. The van der Waals surface area contributed by atoms with Gasteiger partial charge in [-0.15, -0.1) is 0 Å². The monoisotopic (exact) mass is 486 g/mol. The fourth-order valence-corrected chi connectivity index (χ4v) is 4.29. The van der Waals surface area contributed by atoms with Gasteiger partial charge >= 0.3 is 5.97 Å². The van der Waals surface area contributed by atoms with Gasteiger partial charge in [0.25, 0.3) is 0 Å². The highest BCUT2D eigenvalue weighted by atomic mass is 16.4. The zero-order valence-corrected chi connectivity index (χ0v) is 20.0. The number of hydrogen-bond donors (Lipinski definition) is 4. The molecule has 1 aromatic heterocycles. The van der Waals surface area contributed by atoms with Crippen LogP contribution in [0.15, 0.2) is 60.9 Å². The SMILES string of the molecule is N=C(N)CC(=O)CCc1cccc(-c2cnc(N3CCC(Nc4ccc(C(=O)O)cc4)CC3)nc2)c1. The predicted molar refractivity (Wildman–Crippen MR) is 140 cm³/mol. The molecule has 0 radical (unpaired) electrons. The van der Waals surface area contributed by atoms with E-state index in [1.165, 1.54) is 0 Å². The molecule has 0 bridgehead atoms. The van der Waals surface area contributed by atoms with Gasteiger partial charge in [0.2, 0.25) is 5.95 Å². The molecule has 0 aliphatic carbocycles. The summed E-state index contributed by atoms with van der Waals surface area (Å²) in [6.07, 6.45) is 6.48. The van der Waals surface area contributed by atoms with Crippen molar-refractivity contribution in [3.05, 3.63) is 72.1 Å². The van der Waals surface area contributed by atoms with Crippen LogP contribution < -0.4 is 16.0 Å². The van der Waals surface area contributed by atoms with Crippen LogP contribution in [0.1, 0.15) is 41.6 Å². The molecule has 36 heavy (non-hydrogen) atoms. The van der Waals surface area contributed by atoms with Crippen molar-refractivity contribution in [2.75, 3.05) is 23.3 Å². The summed E-state index contributed by atoms with van der Waals surface area (Å²) in [5, 5.41) is 19.8. The fraction of sp³-hybridized carbons (Fsp3) is 0.296. The van der Waals surface area contributed by atoms with Crippen molar-refractivity contribution in [3.8, 4) is 11.1 Å². The molecular formula is C27H30N6O3. The Morgan fingerprint density at radius 1 is 1.06 bits per heavy atom. The number of nitrogens with two attached hydrogens (primary N) is 1. The zero-order valence-electron chi connectivity index (χ0n) is 20.0. The van der Waals surface area contributed by atoms with Gasteiger partial charge in [0, 0.05) is 49.2 Å². The van der Waals surface area contributed by atoms with Crippen molar-refractivity contribution < 1.29 is 14.7 Å². The van der Waals surface area contributed by atoms with Crippen LogP contribution in [0.5, 0.6) is 0 Å². The molecule has 0 amide bonds. The molecule has 0 unspecified atom stereocenters. The largest absolute Gasteiger partial charge is 0.478 e. The number of piperidine rings is 1. The molecule has 2 heterocycles. The van der Waals surface area contributed by atoms with Crippen LogP contribution in [0, 0.1) is 5.41 Å². The molecule has 1 aliphatic heterocycles. The van der Waals surface area contributed by atoms with E-state index in [1.807, 2.05) is 36.7 Å². The van der Waals surface area contributed by atoms with E-state index >= 15 is 0 Å². The minimum Gasteiger partial charge on any atom is -0.478 e. The molecule has 0 atom stereocenters. The third-order valence-corrected chi connectivity index (χ3v) is 6.26. The van der Waals surface area contributed by atoms with Gasteiger partial charge < -0.3 is 21.1 Å². The van der Waals surface area contributed by atoms with E-state index in [-0.39, 0.29) is 23.6 Å². The molecule has 0 saturated carbocycles. The number of anilines is 2. The molecule has 9 nitrogen and oxygen atoms in total. The van der Waals surface area contributed by atoms with Gasteiger partial charge in [-0.05, 0) is 54.7 Å². The van der Waals surface area contributed by atoms with Gasteiger partial charge in [-0.3, -0.25) is 10.2 Å². The Kier molecular flexibility index (Phi) is 7.89. The Morgan fingerprint density at radius 2 is 1.75 bits per heavy atom. The third-order valence-electron chi connectivity index (χ3n) is 6.26. The molecule has 5 N–H and O–H groups in total. The quantitative estimate of drug-likeness (QED) is 0.250. The predicted octanol–water partition coefficient (Wildman–Crippen LogP) is 3.75. The number of carboxylic acid groups (broad SMARTS) is 1. The van der Waals surface area contributed by atoms with Crippen molar-refractivity contribution in [2.45, 2.75) is 38.1 Å². The number of benzene rings is 2. The van der Waals surface area contributed by atoms with Crippen molar-refractivity contribution in [1.29, 1.82) is 5.41 Å². The highest BCUT2D eigenvalue weighted by Gasteiger charge is 2.21. The minimum absolute atomic E-state index is 0.00217. The smallest absolute Gasteiger partial charge is 0.335 e. The van der Waals surface area contributed by atoms with Crippen LogP contribution >= 0.6 is 0 Å². The standard InChI is InChI=1S/C27H30N6O3/c28-25(29)15-24(34)9-4-18-2-1-3-20(14-18)21-16-30-27(31-17-21)33-12-10-23(11-13-33)32-22-7-5-19(6-8-22)26(35)36/h1-3,5-8,14,16-17,23,32H,4,9-13,15H2,(H3,28,29)(H,35,36). The van der Waals surface area contributed by atoms with Crippen LogP contribution in [0.4, 0.5) is 11.6 Å². The summed E-state index contributed by atoms with van der Waals surface area (Å²) in [4.78, 5) is 34.2. The lowest BCUT2D eigenvalue weighted by Crippen LogP contribution is -2.39. The number of aryl methyl sites for hydroxylation is 1. The maximum absolute atomic E-state index is 11.8. The first-order chi connectivity index (χ1) is 17.4. The molecule has 2 aromatic carbocycles. The molecule has 1 fully saturated rings. The first kappa shape index (κ1) is 24.8. The first-order valence-electron chi connectivity index (χ1n) is 12.0. The number of amidine groups is 1. The van der Waals surface area contributed by atoms with Gasteiger partial charge in [-0.2, -0.15) is 0 Å². The van der Waals surface area contributed by atoms with Crippen LogP contribution in [0.2, 0.25) is 0 Å². The summed E-state index contributed by atoms with van der Waals surface area (Å²) in [6, 6.07) is 15.1. The van der Waals surface area contributed by atoms with Gasteiger partial charge in [0.05, 0.1) is 17.8 Å². The summed E-state index contributed by atoms with van der Waals surface area (Å²) in [5.74, 6) is -0.352. The molecular weight excluding hydrogens is 456 g/mol. The van der Waals surface area contributed by atoms with Gasteiger partial charge in [-0.1, -0.05) is 24.3 Å². The van der Waals surface area contributed by atoms with Crippen molar-refractivity contribution in [3.63, 3.8) is 0 Å². The number of aromatic nitrogens is 2. The lowest BCUT2D eigenvalue weighted by Gasteiger charge is -2.32. The Bertz CT molecular complexity index is 1220. The third kappa shape index (κ3) is 6.65. The molecule has 9 heteroatoms. The number of carbonyl (C=O) groups excluding carboxylic acids is 1. The average molecular weight is 487 g/mol. The van der Waals surface area contributed by atoms with Gasteiger partial charge in [0.15, 0.2) is 0 Å². The number of nitrogens with one attached hydrogen (secondary N) is 2. The maximum Gasteiger partial charge on any atom is 0.335 e. The average Bonchev–Trinajstić information content (AvgIpc) is 2.88. The van der Waals surface area contributed by atoms with Crippen molar-refractivity contribution >= 4 is 29.2 Å². The van der Waals surface area contributed by atoms with E-state index in [4.69, 9.17) is 16.2 Å². The Morgan fingerprint density at radius 3 is 2.39 bits per heavy atom. The fourth-order valence-electron chi connectivity index (χ4n) is 4.29. The van der Waals surface area contributed by atoms with Crippen LogP contribution in [-0.4, -0.2) is 51.8 Å². The summed E-state index contributed by atoms with van der Waals surface area (Å²) >= 11 is 0. The molecule has 3 aromatic rings. The van der Waals surface area contributed by atoms with E-state index in [1.54, 1.807) is 24.3 Å². The van der Waals surface area contributed by atoms with E-state index in [0.717, 1.165) is 48.3 Å². The first-order valence-corrected chi connectivity index (χ1v) is 12.0. The van der Waals surface area contributed by atoms with Gasteiger partial charge in [0.1, 0.15) is 5.78 Å². The highest BCUT2D eigenvalue weighted by Crippen LogP contribution is 2.23. The minimum atomic E-state index is -0.925. The molecule has 4 rings (SSSR count). The van der Waals surface area contributed by atoms with E-state index in [0.29, 0.717) is 24.8 Å². The van der Waals surface area contributed by atoms with E-state index < -0.39 is 5.97 Å². The Labute approximate surface area is 209 Å². The van der Waals surface area contributed by atoms with Crippen molar-refractivity contribution in [2.24, 2.45) is 5.73 Å². The maximum atomic E-state index is 11.8. The second-order valence-corrected chi connectivity index (χ2v) is 9.00. The molecule has 0 spiro atoms. The van der Waals surface area contributed by atoms with E-state index in [2.05, 4.69) is 20.2 Å². The summed E-state index contributed by atoms with van der Waals surface area (Å²) in [7, 11) is 0. The summed E-state index contributed by atoms with van der Waals surface area (Å²) in [5.41, 5.74) is 9.46. The number of hydrogen-bond acceptors (Lipinski definition) is 7. The summed E-state index contributed by atoms with van der Waals surface area (Å²) < 4.78 is 0. The normalized spacial score (nSPS) is 13.8. The number of carboxylic acids is 1. The van der Waals surface area contributed by atoms with Crippen LogP contribution in [0.3, 0.4) is 0 Å². The lowest BCUT2D eigenvalue weighted by molar-refractivity contribution is -0.117. The number of ketones is 1. The van der Waals surface area contributed by atoms with Gasteiger partial charge in [-0.25, -0.2) is 14.8 Å². The topological polar surface area (TPSA) is 145 Å². The van der Waals surface area contributed by atoms with E-state index in [9.17, 15) is 9.59 Å². The lowest BCUT2D eigenvalue weighted by atomic mass is 10.0. The molecule has 186 valence electrons. The Hall–Kier alpha value is -4.27. The van der Waals surface area contributed by atoms with Crippen molar-refractivity contribution in [1.82, 2.24) is 9.97 Å². The van der Waals surface area contributed by atoms with Crippen LogP contribution in [0.25, 0.3) is 11.1 Å². The number of rotatable bonds is 10. The highest BCUT2D eigenvalue weighted by molar-refractivity contribution is 5.98. The number of aromatic carboxylic acids is 1. The zero-order chi connectivity index (χ0) is 25.5. The number of nitrogens with zero attached hydrogens (tertiary/aromatic N) is 3. The summed E-state index contributed by atoms with van der Waals surface area (Å²) in [6.45, 7) is 1.65. The Balaban J connectivity index is 1.30. The molecule has 1 saturated heterocycles.